The summed E-state index contributed by atoms with van der Waals surface area (Å²) in [6, 6.07) is 3.59. The van der Waals surface area contributed by atoms with E-state index >= 15 is 0 Å². The summed E-state index contributed by atoms with van der Waals surface area (Å²) in [7, 11) is 0. The number of thioether (sulfide) groups is 1. The minimum absolute atomic E-state index is 0.0203. The van der Waals surface area contributed by atoms with Crippen molar-refractivity contribution in [3.05, 3.63) is 29.8 Å². The first kappa shape index (κ1) is 15.2. The van der Waals surface area contributed by atoms with Gasteiger partial charge in [0.1, 0.15) is 0 Å². The van der Waals surface area contributed by atoms with E-state index in [2.05, 4.69) is 25.8 Å². The van der Waals surface area contributed by atoms with Crippen LogP contribution >= 0.6 is 11.8 Å². The van der Waals surface area contributed by atoms with Crippen LogP contribution in [0.25, 0.3) is 0 Å². The molecule has 0 saturated heterocycles. The molecule has 21 heavy (non-hydrogen) atoms. The van der Waals surface area contributed by atoms with E-state index in [1.54, 1.807) is 6.26 Å². The number of carbonyl (C=O) groups excluding carboxylic acids is 1. The molecule has 112 valence electrons. The fourth-order valence-corrected chi connectivity index (χ4v) is 1.76. The van der Waals surface area contributed by atoms with Gasteiger partial charge in [-0.2, -0.15) is 18.2 Å². The predicted molar refractivity (Wildman–Crippen MR) is 72.2 cm³/mol. The first-order valence-corrected chi connectivity index (χ1v) is 6.82. The molecule has 0 aliphatic rings. The number of nitrogens with zero attached hydrogens (tertiary/aromatic N) is 2. The molecule has 1 aromatic carbocycles. The average molecular weight is 317 g/mol. The second-order valence-electron chi connectivity index (χ2n) is 3.83. The smallest absolute Gasteiger partial charge is 0.308 e. The predicted octanol–water partition coefficient (Wildman–Crippen LogP) is 3.19. The van der Waals surface area contributed by atoms with Gasteiger partial charge in [0, 0.05) is 5.69 Å². The summed E-state index contributed by atoms with van der Waals surface area (Å²) in [5.41, 5.74) is -0.823. The maximum absolute atomic E-state index is 12.5. The second-order valence-corrected chi connectivity index (χ2v) is 4.60. The van der Waals surface area contributed by atoms with Gasteiger partial charge in [0.25, 0.3) is 0 Å². The molecule has 0 unspecified atom stereocenters. The molecule has 0 aliphatic carbocycles. The Morgan fingerprint density at radius 1 is 1.33 bits per heavy atom. The Labute approximate surface area is 121 Å². The van der Waals surface area contributed by atoms with E-state index in [0.29, 0.717) is 5.16 Å². The van der Waals surface area contributed by atoms with Crippen molar-refractivity contribution in [3.63, 3.8) is 0 Å². The highest BCUT2D eigenvalue weighted by atomic mass is 32.2. The summed E-state index contributed by atoms with van der Waals surface area (Å²) >= 11 is 1.28. The van der Waals surface area contributed by atoms with Gasteiger partial charge in [0.15, 0.2) is 0 Å². The number of nitrogens with one attached hydrogen (secondary N) is 3. The zero-order chi connectivity index (χ0) is 15.5. The number of hydrogen-bond donors (Lipinski definition) is 3. The SMILES string of the molecule is CSc1n[nH]c(NC(=O)Nc2cccc(C(F)(F)F)c2)n1. The summed E-state index contributed by atoms with van der Waals surface area (Å²) in [5.74, 6) is 0.101. The third-order valence-electron chi connectivity index (χ3n) is 2.33. The Hall–Kier alpha value is -2.23. The van der Waals surface area contributed by atoms with Crippen LogP contribution in [0, 0.1) is 0 Å². The van der Waals surface area contributed by atoms with Crippen LogP contribution in [0.1, 0.15) is 5.56 Å². The fourth-order valence-electron chi connectivity index (χ4n) is 1.44. The summed E-state index contributed by atoms with van der Waals surface area (Å²) in [5, 5.41) is 11.3. The number of hydrogen-bond acceptors (Lipinski definition) is 4. The molecule has 6 nitrogen and oxygen atoms in total. The van der Waals surface area contributed by atoms with Gasteiger partial charge in [0.05, 0.1) is 5.56 Å². The fraction of sp³-hybridized carbons (Fsp3) is 0.182. The largest absolute Gasteiger partial charge is 0.416 e. The summed E-state index contributed by atoms with van der Waals surface area (Å²) in [4.78, 5) is 15.6. The van der Waals surface area contributed by atoms with Crippen LogP contribution in [0.3, 0.4) is 0 Å². The number of H-pyrrole nitrogens is 1. The molecular formula is C11H10F3N5OS. The van der Waals surface area contributed by atoms with Gasteiger partial charge < -0.3 is 5.32 Å². The zero-order valence-corrected chi connectivity index (χ0v) is 11.5. The van der Waals surface area contributed by atoms with Crippen molar-refractivity contribution < 1.29 is 18.0 Å². The molecule has 0 saturated carbocycles. The minimum atomic E-state index is -4.47. The molecule has 0 atom stereocenters. The van der Waals surface area contributed by atoms with E-state index < -0.39 is 17.8 Å². The average Bonchev–Trinajstić information content (AvgIpc) is 2.85. The van der Waals surface area contributed by atoms with Crippen LogP contribution in [-0.2, 0) is 6.18 Å². The Morgan fingerprint density at radius 3 is 2.71 bits per heavy atom. The molecule has 0 radical (unpaired) electrons. The van der Waals surface area contributed by atoms with E-state index in [0.717, 1.165) is 12.1 Å². The third-order valence-corrected chi connectivity index (χ3v) is 2.87. The van der Waals surface area contributed by atoms with Crippen molar-refractivity contribution in [3.8, 4) is 0 Å². The zero-order valence-electron chi connectivity index (χ0n) is 10.7. The van der Waals surface area contributed by atoms with Crippen molar-refractivity contribution >= 4 is 29.4 Å². The molecule has 3 N–H and O–H groups in total. The van der Waals surface area contributed by atoms with E-state index in [4.69, 9.17) is 0 Å². The van der Waals surface area contributed by atoms with Crippen LogP contribution in [-0.4, -0.2) is 27.5 Å². The Balaban J connectivity index is 2.02. The van der Waals surface area contributed by atoms with Crippen LogP contribution in [0.4, 0.5) is 29.6 Å². The summed E-state index contributed by atoms with van der Waals surface area (Å²) in [6.07, 6.45) is -2.71. The maximum Gasteiger partial charge on any atom is 0.416 e. The Morgan fingerprint density at radius 2 is 2.10 bits per heavy atom. The lowest BCUT2D eigenvalue weighted by Crippen LogP contribution is -2.20. The van der Waals surface area contributed by atoms with Gasteiger partial charge in [0.2, 0.25) is 11.1 Å². The maximum atomic E-state index is 12.5. The number of alkyl halides is 3. The number of aromatic amines is 1. The molecule has 0 fully saturated rings. The van der Waals surface area contributed by atoms with Crippen LogP contribution < -0.4 is 10.6 Å². The van der Waals surface area contributed by atoms with Gasteiger partial charge in [-0.1, -0.05) is 17.8 Å². The van der Waals surface area contributed by atoms with Crippen molar-refractivity contribution in [2.75, 3.05) is 16.9 Å². The van der Waals surface area contributed by atoms with Crippen molar-refractivity contribution in [1.82, 2.24) is 15.2 Å². The molecule has 0 bridgehead atoms. The van der Waals surface area contributed by atoms with Crippen LogP contribution in [0.2, 0.25) is 0 Å². The van der Waals surface area contributed by atoms with Crippen molar-refractivity contribution in [2.24, 2.45) is 0 Å². The molecular weight excluding hydrogens is 307 g/mol. The first-order valence-electron chi connectivity index (χ1n) is 5.60. The molecule has 0 aliphatic heterocycles. The number of aromatic nitrogens is 3. The van der Waals surface area contributed by atoms with E-state index in [-0.39, 0.29) is 11.6 Å². The number of benzene rings is 1. The lowest BCUT2D eigenvalue weighted by Gasteiger charge is -2.09. The molecule has 2 amide bonds. The molecule has 10 heteroatoms. The standard InChI is InChI=1S/C11H10F3N5OS/c1-21-10-17-8(18-19-10)16-9(20)15-7-4-2-3-6(5-7)11(12,13)14/h2-5H,1H3,(H3,15,16,17,18,19,20). The van der Waals surface area contributed by atoms with Gasteiger partial charge in [-0.3, -0.25) is 5.32 Å². The summed E-state index contributed by atoms with van der Waals surface area (Å²) < 4.78 is 37.6. The van der Waals surface area contributed by atoms with Gasteiger partial charge in [-0.25, -0.2) is 9.89 Å². The van der Waals surface area contributed by atoms with Crippen LogP contribution in [0.5, 0.6) is 0 Å². The summed E-state index contributed by atoms with van der Waals surface area (Å²) in [6.45, 7) is 0. The molecule has 2 rings (SSSR count). The number of halogens is 3. The van der Waals surface area contributed by atoms with Gasteiger partial charge >= 0.3 is 12.2 Å². The number of anilines is 2. The second kappa shape index (κ2) is 6.04. The van der Waals surface area contributed by atoms with E-state index in [1.807, 2.05) is 0 Å². The quantitative estimate of drug-likeness (QED) is 0.759. The lowest BCUT2D eigenvalue weighted by molar-refractivity contribution is -0.137. The lowest BCUT2D eigenvalue weighted by atomic mass is 10.2. The molecule has 1 heterocycles. The monoisotopic (exact) mass is 317 g/mol. The normalized spacial score (nSPS) is 11.2. The highest BCUT2D eigenvalue weighted by molar-refractivity contribution is 7.98. The van der Waals surface area contributed by atoms with E-state index in [1.165, 1.54) is 23.9 Å². The number of urea groups is 1. The highest BCUT2D eigenvalue weighted by Crippen LogP contribution is 2.30. The first-order chi connectivity index (χ1) is 9.88. The Kier molecular flexibility index (Phi) is 4.36. The highest BCUT2D eigenvalue weighted by Gasteiger charge is 2.30. The molecule has 2 aromatic rings. The van der Waals surface area contributed by atoms with Gasteiger partial charge in [-0.15, -0.1) is 5.10 Å². The Bertz CT molecular complexity index is 643. The van der Waals surface area contributed by atoms with Crippen LogP contribution in [0.15, 0.2) is 29.4 Å². The van der Waals surface area contributed by atoms with Crippen molar-refractivity contribution in [2.45, 2.75) is 11.3 Å². The molecule has 0 spiro atoms. The number of carbonyl (C=O) groups is 1. The van der Waals surface area contributed by atoms with Gasteiger partial charge in [-0.05, 0) is 24.5 Å². The number of amides is 2. The third kappa shape index (κ3) is 4.12. The molecule has 1 aromatic heterocycles. The van der Waals surface area contributed by atoms with Crippen molar-refractivity contribution in [1.29, 1.82) is 0 Å². The topological polar surface area (TPSA) is 82.7 Å². The minimum Gasteiger partial charge on any atom is -0.308 e. The van der Waals surface area contributed by atoms with E-state index in [9.17, 15) is 18.0 Å². The number of rotatable bonds is 3.